The average molecular weight is 377 g/mol. The maximum Gasteiger partial charge on any atom is 0.433 e. The number of hydrogen-bond acceptors (Lipinski definition) is 5. The minimum Gasteiger partial charge on any atom is -0.343 e. The molecule has 0 amide bonds. The number of nitrogens with zero attached hydrogens (tertiary/aromatic N) is 4. The molecule has 9 heteroatoms. The maximum atomic E-state index is 12.9. The molecule has 3 aromatic rings. The van der Waals surface area contributed by atoms with Crippen LogP contribution in [0.2, 0.25) is 0 Å². The van der Waals surface area contributed by atoms with Crippen molar-refractivity contribution < 1.29 is 13.2 Å². The van der Waals surface area contributed by atoms with Crippen LogP contribution in [-0.4, -0.2) is 14.5 Å². The van der Waals surface area contributed by atoms with E-state index in [9.17, 15) is 13.2 Å². The van der Waals surface area contributed by atoms with Gasteiger partial charge in [-0.3, -0.25) is 9.71 Å². The number of nitriles is 1. The fourth-order valence-electron chi connectivity index (χ4n) is 2.59. The van der Waals surface area contributed by atoms with Crippen molar-refractivity contribution in [1.82, 2.24) is 19.3 Å². The van der Waals surface area contributed by atoms with Crippen molar-refractivity contribution in [1.29, 1.82) is 5.26 Å². The molecule has 0 aliphatic rings. The largest absolute Gasteiger partial charge is 0.433 e. The smallest absolute Gasteiger partial charge is 0.343 e. The topological polar surface area (TPSA) is 66.5 Å². The van der Waals surface area contributed by atoms with Crippen LogP contribution < -0.4 is 4.72 Å². The third-order valence-corrected chi connectivity index (χ3v) is 4.54. The number of hydrogen-bond donors (Lipinski definition) is 1. The Balaban J connectivity index is 1.77. The van der Waals surface area contributed by atoms with Crippen LogP contribution in [-0.2, 0) is 19.3 Å². The molecule has 0 fully saturated rings. The quantitative estimate of drug-likeness (QED) is 0.677. The van der Waals surface area contributed by atoms with E-state index in [1.54, 1.807) is 18.3 Å². The fourth-order valence-corrected chi connectivity index (χ4v) is 3.22. The highest BCUT2D eigenvalue weighted by molar-refractivity contribution is 7.97. The fraction of sp³-hybridized carbons (Fsp3) is 0.235. The van der Waals surface area contributed by atoms with Gasteiger partial charge in [0.2, 0.25) is 0 Å². The Kier molecular flexibility index (Phi) is 5.15. The molecule has 0 aromatic carbocycles. The Morgan fingerprint density at radius 1 is 1.23 bits per heavy atom. The first-order valence-corrected chi connectivity index (χ1v) is 8.55. The van der Waals surface area contributed by atoms with Crippen molar-refractivity contribution in [2.45, 2.75) is 31.1 Å². The predicted molar refractivity (Wildman–Crippen MR) is 92.1 cm³/mol. The maximum absolute atomic E-state index is 12.9. The van der Waals surface area contributed by atoms with E-state index in [1.807, 2.05) is 23.6 Å². The highest BCUT2D eigenvalue weighted by atomic mass is 32.2. The molecule has 3 rings (SSSR count). The Labute approximate surface area is 152 Å². The molecule has 0 bridgehead atoms. The number of aryl methyl sites for hydroxylation is 1. The molecule has 0 saturated carbocycles. The van der Waals surface area contributed by atoms with Gasteiger partial charge in [0.1, 0.15) is 17.5 Å². The number of rotatable bonds is 5. The first kappa shape index (κ1) is 18.2. The van der Waals surface area contributed by atoms with Crippen LogP contribution in [0.15, 0.2) is 41.6 Å². The average Bonchev–Trinajstić information content (AvgIpc) is 2.98. The summed E-state index contributed by atoms with van der Waals surface area (Å²) in [6, 6.07) is 8.26. The van der Waals surface area contributed by atoms with E-state index in [0.717, 1.165) is 16.7 Å². The number of halogens is 3. The summed E-state index contributed by atoms with van der Waals surface area (Å²) in [5, 5.41) is 9.40. The van der Waals surface area contributed by atoms with Gasteiger partial charge in [-0.1, -0.05) is 0 Å². The summed E-state index contributed by atoms with van der Waals surface area (Å²) in [6.45, 7) is 2.88. The lowest BCUT2D eigenvalue weighted by Gasteiger charge is -2.10. The number of pyridine rings is 2. The molecule has 5 nitrogen and oxygen atoms in total. The van der Waals surface area contributed by atoms with Gasteiger partial charge in [-0.15, -0.1) is 0 Å². The molecular formula is C17H14F3N5S. The normalized spacial score (nSPS) is 11.7. The van der Waals surface area contributed by atoms with Crippen LogP contribution in [0.4, 0.5) is 13.2 Å². The number of aromatic nitrogens is 3. The minimum absolute atomic E-state index is 0.341. The van der Waals surface area contributed by atoms with Crippen LogP contribution in [0.3, 0.4) is 0 Å². The standard InChI is InChI=1S/C17H14F3N5S/c1-2-25-13(9-24-26-14-4-3-12(7-21)22-10-14)5-11-8-23-16(6-15(11)25)17(18,19)20/h3-6,8,10,24H,2,9H2,1H3. The summed E-state index contributed by atoms with van der Waals surface area (Å²) in [5.41, 5.74) is 0.818. The Morgan fingerprint density at radius 3 is 2.65 bits per heavy atom. The van der Waals surface area contributed by atoms with E-state index < -0.39 is 11.9 Å². The summed E-state index contributed by atoms with van der Waals surface area (Å²) in [5.74, 6) is 0. The third kappa shape index (κ3) is 3.81. The monoisotopic (exact) mass is 377 g/mol. The molecule has 0 unspecified atom stereocenters. The second kappa shape index (κ2) is 7.35. The van der Waals surface area contributed by atoms with Crippen molar-refractivity contribution in [3.8, 4) is 6.07 Å². The SMILES string of the molecule is CCn1c(CNSc2ccc(C#N)nc2)cc2cnc(C(F)(F)F)cc21. The van der Waals surface area contributed by atoms with Crippen molar-refractivity contribution >= 4 is 22.9 Å². The van der Waals surface area contributed by atoms with E-state index in [1.165, 1.54) is 18.1 Å². The molecule has 3 heterocycles. The molecule has 0 saturated heterocycles. The Morgan fingerprint density at radius 2 is 2.04 bits per heavy atom. The highest BCUT2D eigenvalue weighted by Crippen LogP contribution is 2.30. The second-order valence-corrected chi connectivity index (χ2v) is 6.38. The lowest BCUT2D eigenvalue weighted by atomic mass is 10.2. The zero-order valence-electron chi connectivity index (χ0n) is 13.7. The van der Waals surface area contributed by atoms with E-state index in [4.69, 9.17) is 5.26 Å². The molecule has 0 radical (unpaired) electrons. The molecule has 26 heavy (non-hydrogen) atoms. The highest BCUT2D eigenvalue weighted by Gasteiger charge is 2.32. The van der Waals surface area contributed by atoms with Gasteiger partial charge >= 0.3 is 6.18 Å². The van der Waals surface area contributed by atoms with Crippen molar-refractivity contribution in [3.63, 3.8) is 0 Å². The van der Waals surface area contributed by atoms with Gasteiger partial charge < -0.3 is 4.57 Å². The molecule has 134 valence electrons. The van der Waals surface area contributed by atoms with Gasteiger partial charge in [-0.2, -0.15) is 18.4 Å². The van der Waals surface area contributed by atoms with Crippen LogP contribution in [0.5, 0.6) is 0 Å². The summed E-state index contributed by atoms with van der Waals surface area (Å²) in [7, 11) is 0. The zero-order chi connectivity index (χ0) is 18.7. The summed E-state index contributed by atoms with van der Waals surface area (Å²) >= 11 is 1.34. The predicted octanol–water partition coefficient (Wildman–Crippen LogP) is 4.14. The number of nitrogens with one attached hydrogen (secondary N) is 1. The van der Waals surface area contributed by atoms with E-state index in [-0.39, 0.29) is 0 Å². The van der Waals surface area contributed by atoms with Gasteiger partial charge in [0.25, 0.3) is 0 Å². The minimum atomic E-state index is -4.46. The van der Waals surface area contributed by atoms with Crippen LogP contribution >= 0.6 is 11.9 Å². The summed E-state index contributed by atoms with van der Waals surface area (Å²) in [6.07, 6.45) is -1.62. The van der Waals surface area contributed by atoms with Gasteiger partial charge in [0, 0.05) is 41.5 Å². The van der Waals surface area contributed by atoms with E-state index in [2.05, 4.69) is 14.7 Å². The van der Waals surface area contributed by atoms with E-state index in [0.29, 0.717) is 29.7 Å². The second-order valence-electron chi connectivity index (χ2n) is 5.42. The lowest BCUT2D eigenvalue weighted by Crippen LogP contribution is -2.10. The molecule has 1 N–H and O–H groups in total. The Bertz CT molecular complexity index is 957. The van der Waals surface area contributed by atoms with E-state index >= 15 is 0 Å². The molecule has 3 aromatic heterocycles. The molecular weight excluding hydrogens is 363 g/mol. The van der Waals surface area contributed by atoms with Gasteiger partial charge in [0.05, 0.1) is 5.52 Å². The molecule has 0 aliphatic heterocycles. The van der Waals surface area contributed by atoms with Crippen LogP contribution in [0.25, 0.3) is 10.9 Å². The number of fused-ring (bicyclic) bond motifs is 1. The Hall–Kier alpha value is -2.57. The zero-order valence-corrected chi connectivity index (χ0v) is 14.5. The van der Waals surface area contributed by atoms with Crippen LogP contribution in [0.1, 0.15) is 24.0 Å². The van der Waals surface area contributed by atoms with Crippen LogP contribution in [0, 0.1) is 11.3 Å². The van der Waals surface area contributed by atoms with Gasteiger partial charge in [-0.25, -0.2) is 4.98 Å². The van der Waals surface area contributed by atoms with Gasteiger partial charge in [0.15, 0.2) is 0 Å². The summed E-state index contributed by atoms with van der Waals surface area (Å²) < 4.78 is 43.7. The molecule has 0 spiro atoms. The third-order valence-electron chi connectivity index (χ3n) is 3.77. The molecule has 0 aliphatic carbocycles. The van der Waals surface area contributed by atoms with Crippen molar-refractivity contribution in [2.24, 2.45) is 0 Å². The van der Waals surface area contributed by atoms with Gasteiger partial charge in [-0.05, 0) is 43.1 Å². The van der Waals surface area contributed by atoms with Crippen molar-refractivity contribution in [2.75, 3.05) is 0 Å². The first-order chi connectivity index (χ1) is 12.4. The first-order valence-electron chi connectivity index (χ1n) is 7.73. The lowest BCUT2D eigenvalue weighted by molar-refractivity contribution is -0.141. The molecule has 0 atom stereocenters. The summed E-state index contributed by atoms with van der Waals surface area (Å²) in [4.78, 5) is 8.33. The number of alkyl halides is 3. The van der Waals surface area contributed by atoms with Crippen molar-refractivity contribution in [3.05, 3.63) is 53.7 Å².